The molecule has 0 aliphatic carbocycles. The number of aromatic nitrogens is 4. The maximum Gasteiger partial charge on any atom is 0.354 e. The van der Waals surface area contributed by atoms with Gasteiger partial charge in [0.05, 0.1) is 11.9 Å². The van der Waals surface area contributed by atoms with Gasteiger partial charge >= 0.3 is 5.97 Å². The minimum Gasteiger partial charge on any atom is -0.477 e. The zero-order valence-electron chi connectivity index (χ0n) is 24.2. The Bertz CT molecular complexity index is 1770. The van der Waals surface area contributed by atoms with Crippen LogP contribution in [0, 0.1) is 12.3 Å². The Hall–Kier alpha value is -4.80. The molecule has 2 amide bonds. The number of carbonyl (C=O) groups excluding carboxylic acids is 2. The first-order chi connectivity index (χ1) is 20.6. The van der Waals surface area contributed by atoms with Crippen LogP contribution in [0.2, 0.25) is 0 Å². The van der Waals surface area contributed by atoms with Crippen LogP contribution in [-0.2, 0) is 10.2 Å². The van der Waals surface area contributed by atoms with Gasteiger partial charge < -0.3 is 14.9 Å². The Labute approximate surface area is 248 Å². The number of aromatic carboxylic acids is 1. The van der Waals surface area contributed by atoms with Crippen LogP contribution < -0.4 is 9.80 Å². The number of nitrogens with zero attached hydrogens (tertiary/aromatic N) is 7. The summed E-state index contributed by atoms with van der Waals surface area (Å²) in [6.45, 7) is 7.40. The van der Waals surface area contributed by atoms with E-state index in [1.54, 1.807) is 21.5 Å². The summed E-state index contributed by atoms with van der Waals surface area (Å²) in [4.78, 5) is 52.4. The predicted molar refractivity (Wildman–Crippen MR) is 159 cm³/mol. The Kier molecular flexibility index (Phi) is 6.22. The molecule has 3 fully saturated rings. The van der Waals surface area contributed by atoms with Gasteiger partial charge in [-0.25, -0.2) is 19.3 Å². The average molecular weight is 580 g/mol. The van der Waals surface area contributed by atoms with E-state index in [-0.39, 0.29) is 35.2 Å². The molecular weight excluding hydrogens is 546 g/mol. The number of carboxylic acid groups (broad SMARTS) is 1. The van der Waals surface area contributed by atoms with E-state index in [9.17, 15) is 19.5 Å². The lowest BCUT2D eigenvalue weighted by atomic mass is 9.82. The molecule has 0 saturated carbocycles. The lowest BCUT2D eigenvalue weighted by Crippen LogP contribution is -2.34. The fourth-order valence-corrected chi connectivity index (χ4v) is 6.97. The van der Waals surface area contributed by atoms with Gasteiger partial charge in [0.2, 0.25) is 11.7 Å². The summed E-state index contributed by atoms with van der Waals surface area (Å²) in [7, 11) is 0. The third-order valence-corrected chi connectivity index (χ3v) is 9.38. The van der Waals surface area contributed by atoms with Crippen LogP contribution in [0.5, 0.6) is 0 Å². The van der Waals surface area contributed by atoms with Crippen molar-refractivity contribution in [3.05, 3.63) is 83.4 Å². The molecule has 43 heavy (non-hydrogen) atoms. The van der Waals surface area contributed by atoms with Crippen LogP contribution in [-0.4, -0.2) is 80.1 Å². The van der Waals surface area contributed by atoms with Gasteiger partial charge in [0.15, 0.2) is 11.3 Å². The number of hydrogen-bond acceptors (Lipinski definition) is 7. The van der Waals surface area contributed by atoms with Crippen molar-refractivity contribution in [2.24, 2.45) is 5.41 Å². The van der Waals surface area contributed by atoms with Crippen molar-refractivity contribution in [2.45, 2.75) is 38.5 Å². The Morgan fingerprint density at radius 3 is 2.56 bits per heavy atom. The number of hydrogen-bond donors (Lipinski definition) is 1. The minimum atomic E-state index is -1.14. The van der Waals surface area contributed by atoms with E-state index in [4.69, 9.17) is 0 Å². The molecule has 4 aromatic rings. The zero-order chi connectivity index (χ0) is 29.9. The number of fused-ring (bicyclic) bond motifs is 1. The van der Waals surface area contributed by atoms with Gasteiger partial charge in [0, 0.05) is 50.0 Å². The quantitative estimate of drug-likeness (QED) is 0.381. The van der Waals surface area contributed by atoms with E-state index in [1.807, 2.05) is 19.2 Å². The first-order valence-corrected chi connectivity index (χ1v) is 14.6. The van der Waals surface area contributed by atoms with Crippen LogP contribution >= 0.6 is 0 Å². The molecule has 220 valence electrons. The molecule has 1 unspecified atom stereocenters. The van der Waals surface area contributed by atoms with Crippen molar-refractivity contribution in [3.63, 3.8) is 0 Å². The number of anilines is 2. The Morgan fingerprint density at radius 2 is 1.77 bits per heavy atom. The van der Waals surface area contributed by atoms with Crippen LogP contribution in [0.25, 0.3) is 5.65 Å². The third kappa shape index (κ3) is 4.68. The summed E-state index contributed by atoms with van der Waals surface area (Å²) < 4.78 is 1.71. The highest BCUT2D eigenvalue weighted by Crippen LogP contribution is 2.42. The number of pyridine rings is 2. The van der Waals surface area contributed by atoms with Gasteiger partial charge in [-0.3, -0.25) is 14.5 Å². The van der Waals surface area contributed by atoms with Crippen molar-refractivity contribution in [2.75, 3.05) is 42.5 Å². The van der Waals surface area contributed by atoms with Gasteiger partial charge in [0.1, 0.15) is 5.82 Å². The number of amides is 2. The molecule has 3 aromatic heterocycles. The van der Waals surface area contributed by atoms with E-state index >= 15 is 0 Å². The van der Waals surface area contributed by atoms with Crippen molar-refractivity contribution < 1.29 is 19.5 Å². The zero-order valence-corrected chi connectivity index (χ0v) is 24.2. The molecule has 3 aliphatic heterocycles. The van der Waals surface area contributed by atoms with Crippen molar-refractivity contribution in [1.82, 2.24) is 24.5 Å². The maximum absolute atomic E-state index is 13.6. The molecular formula is C32H33N7O4. The molecule has 1 aromatic carbocycles. The van der Waals surface area contributed by atoms with Crippen LogP contribution in [0.3, 0.4) is 0 Å². The monoisotopic (exact) mass is 579 g/mol. The molecule has 7 rings (SSSR count). The highest BCUT2D eigenvalue weighted by Gasteiger charge is 2.49. The highest BCUT2D eigenvalue weighted by atomic mass is 16.4. The molecule has 1 spiro atoms. The van der Waals surface area contributed by atoms with E-state index in [2.05, 4.69) is 57.2 Å². The predicted octanol–water partition coefficient (Wildman–Crippen LogP) is 3.57. The third-order valence-electron chi connectivity index (χ3n) is 9.38. The van der Waals surface area contributed by atoms with Gasteiger partial charge in [-0.2, -0.15) is 0 Å². The standard InChI is InChI=1S/C32H33N7O4/c1-21-15-23(36-13-11-31(2,18-36)22-7-4-3-5-8-22)17-39-28(21)34-27(35-39)29(41)37-14-12-32(19-37)16-26(40)38(20-32)25-10-6-9-24(33-25)30(42)43/h3-10,15,17H,11-14,16,18-20H2,1-2H3,(H,42,43)/t31-,32?/m0/s1. The molecule has 3 aliphatic rings. The lowest BCUT2D eigenvalue weighted by molar-refractivity contribution is -0.117. The van der Waals surface area contributed by atoms with Gasteiger partial charge in [-0.05, 0) is 49.1 Å². The Balaban J connectivity index is 1.07. The van der Waals surface area contributed by atoms with Crippen molar-refractivity contribution in [3.8, 4) is 0 Å². The SMILES string of the molecule is Cc1cc(N2CC[C@](C)(c3ccccc3)C2)cn2nc(C(=O)N3CCC4(CC(=O)N(c5cccc(C(=O)O)n5)C4)C3)nc12. The number of aryl methyl sites for hydroxylation is 1. The van der Waals surface area contributed by atoms with Crippen LogP contribution in [0.1, 0.15) is 58.4 Å². The number of rotatable bonds is 5. The first kappa shape index (κ1) is 27.1. The summed E-state index contributed by atoms with van der Waals surface area (Å²) in [5, 5.41) is 13.9. The molecule has 11 nitrogen and oxygen atoms in total. The van der Waals surface area contributed by atoms with Gasteiger partial charge in [-0.15, -0.1) is 5.10 Å². The van der Waals surface area contributed by atoms with E-state index < -0.39 is 11.4 Å². The van der Waals surface area contributed by atoms with Gasteiger partial charge in [0.25, 0.3) is 5.91 Å². The lowest BCUT2D eigenvalue weighted by Gasteiger charge is -2.26. The summed E-state index contributed by atoms with van der Waals surface area (Å²) in [6.07, 6.45) is 3.94. The highest BCUT2D eigenvalue weighted by molar-refractivity contribution is 5.97. The molecule has 0 radical (unpaired) electrons. The smallest absolute Gasteiger partial charge is 0.354 e. The number of likely N-dealkylation sites (tertiary alicyclic amines) is 1. The van der Waals surface area contributed by atoms with Crippen LogP contribution in [0.15, 0.2) is 60.8 Å². The summed E-state index contributed by atoms with van der Waals surface area (Å²) in [5.74, 6) is -1.05. The molecule has 11 heteroatoms. The molecule has 3 saturated heterocycles. The summed E-state index contributed by atoms with van der Waals surface area (Å²) in [5.41, 5.74) is 3.52. The first-order valence-electron chi connectivity index (χ1n) is 14.6. The molecule has 2 atom stereocenters. The second-order valence-electron chi connectivity index (χ2n) is 12.5. The largest absolute Gasteiger partial charge is 0.477 e. The number of carboxylic acids is 1. The van der Waals surface area contributed by atoms with Crippen LogP contribution in [0.4, 0.5) is 11.5 Å². The average Bonchev–Trinajstić information content (AvgIpc) is 3.79. The van der Waals surface area contributed by atoms with E-state index in [0.29, 0.717) is 37.5 Å². The molecule has 0 bridgehead atoms. The fourth-order valence-electron chi connectivity index (χ4n) is 6.97. The second kappa shape index (κ2) is 9.89. The van der Waals surface area contributed by atoms with Gasteiger partial charge in [-0.1, -0.05) is 43.3 Å². The van der Waals surface area contributed by atoms with E-state index in [1.165, 1.54) is 16.5 Å². The molecule has 1 N–H and O–H groups in total. The van der Waals surface area contributed by atoms with Crippen molar-refractivity contribution >= 4 is 34.9 Å². The second-order valence-corrected chi connectivity index (χ2v) is 12.5. The fraction of sp³-hybridized carbons (Fsp3) is 0.375. The molecule has 6 heterocycles. The van der Waals surface area contributed by atoms with Crippen molar-refractivity contribution in [1.29, 1.82) is 0 Å². The minimum absolute atomic E-state index is 0.0612. The normalized spacial score (nSPS) is 23.7. The number of benzene rings is 1. The topological polar surface area (TPSA) is 124 Å². The summed E-state index contributed by atoms with van der Waals surface area (Å²) >= 11 is 0. The Morgan fingerprint density at radius 1 is 0.953 bits per heavy atom. The maximum atomic E-state index is 13.6. The van der Waals surface area contributed by atoms with E-state index in [0.717, 1.165) is 30.8 Å². The number of carbonyl (C=O) groups is 3. The summed E-state index contributed by atoms with van der Waals surface area (Å²) in [6, 6.07) is 17.4.